The van der Waals surface area contributed by atoms with E-state index in [1.54, 1.807) is 24.5 Å². The summed E-state index contributed by atoms with van der Waals surface area (Å²) >= 11 is 0. The van der Waals surface area contributed by atoms with Gasteiger partial charge in [-0.25, -0.2) is 0 Å². The number of nitrogens with one attached hydrogen (secondary N) is 1. The van der Waals surface area contributed by atoms with Crippen LogP contribution < -0.4 is 5.32 Å². The molecule has 1 aromatic heterocycles. The SMILES string of the molecule is O=C(c1ccncc1)N1C[C@H]2CN[C@H](C2)C1. The molecule has 0 aliphatic carbocycles. The Hall–Kier alpha value is -1.42. The molecule has 1 aromatic rings. The van der Waals surface area contributed by atoms with E-state index in [0.717, 1.165) is 25.2 Å². The molecule has 0 unspecified atom stereocenters. The minimum Gasteiger partial charge on any atom is -0.337 e. The first-order valence-corrected chi connectivity index (χ1v) is 5.75. The number of hydrogen-bond donors (Lipinski definition) is 1. The van der Waals surface area contributed by atoms with Gasteiger partial charge in [0.15, 0.2) is 0 Å². The van der Waals surface area contributed by atoms with Gasteiger partial charge in [-0.05, 0) is 24.5 Å². The highest BCUT2D eigenvalue weighted by atomic mass is 16.2. The molecule has 2 saturated heterocycles. The van der Waals surface area contributed by atoms with Gasteiger partial charge in [-0.2, -0.15) is 0 Å². The van der Waals surface area contributed by atoms with Crippen molar-refractivity contribution in [1.82, 2.24) is 15.2 Å². The number of fused-ring (bicyclic) bond motifs is 2. The Balaban J connectivity index is 1.76. The van der Waals surface area contributed by atoms with Gasteiger partial charge in [-0.1, -0.05) is 0 Å². The first kappa shape index (κ1) is 9.78. The summed E-state index contributed by atoms with van der Waals surface area (Å²) in [6.07, 6.45) is 4.56. The summed E-state index contributed by atoms with van der Waals surface area (Å²) in [5.41, 5.74) is 0.747. The van der Waals surface area contributed by atoms with Crippen molar-refractivity contribution in [3.05, 3.63) is 30.1 Å². The summed E-state index contributed by atoms with van der Waals surface area (Å²) < 4.78 is 0. The third-order valence-electron chi connectivity index (χ3n) is 3.45. The highest BCUT2D eigenvalue weighted by Gasteiger charge is 2.34. The van der Waals surface area contributed by atoms with E-state index in [2.05, 4.69) is 10.3 Å². The number of nitrogens with zero attached hydrogens (tertiary/aromatic N) is 2. The lowest BCUT2D eigenvalue weighted by atomic mass is 9.99. The first-order valence-electron chi connectivity index (χ1n) is 5.75. The molecule has 2 aliphatic heterocycles. The maximum atomic E-state index is 12.2. The Morgan fingerprint density at radius 3 is 2.94 bits per heavy atom. The molecule has 16 heavy (non-hydrogen) atoms. The Morgan fingerprint density at radius 2 is 2.19 bits per heavy atom. The van der Waals surface area contributed by atoms with Crippen LogP contribution in [0.15, 0.2) is 24.5 Å². The van der Waals surface area contributed by atoms with Gasteiger partial charge < -0.3 is 10.2 Å². The fourth-order valence-electron chi connectivity index (χ4n) is 2.68. The number of carbonyl (C=O) groups excluding carboxylic acids is 1. The van der Waals surface area contributed by atoms with Gasteiger partial charge in [-0.15, -0.1) is 0 Å². The lowest BCUT2D eigenvalue weighted by molar-refractivity contribution is 0.0691. The number of hydrogen-bond acceptors (Lipinski definition) is 3. The number of aromatic nitrogens is 1. The van der Waals surface area contributed by atoms with Crippen molar-refractivity contribution in [2.75, 3.05) is 19.6 Å². The van der Waals surface area contributed by atoms with Gasteiger partial charge in [0.05, 0.1) is 0 Å². The number of piperidine rings is 1. The second kappa shape index (κ2) is 3.87. The zero-order chi connectivity index (χ0) is 11.0. The lowest BCUT2D eigenvalue weighted by Gasteiger charge is -2.31. The number of amides is 1. The molecule has 2 fully saturated rings. The van der Waals surface area contributed by atoms with Crippen LogP contribution in [0.2, 0.25) is 0 Å². The highest BCUT2D eigenvalue weighted by Crippen LogP contribution is 2.23. The van der Waals surface area contributed by atoms with E-state index in [9.17, 15) is 4.79 Å². The molecule has 3 heterocycles. The van der Waals surface area contributed by atoms with E-state index in [1.165, 1.54) is 6.42 Å². The molecule has 4 nitrogen and oxygen atoms in total. The van der Waals surface area contributed by atoms with Crippen molar-refractivity contribution in [1.29, 1.82) is 0 Å². The second-order valence-corrected chi connectivity index (χ2v) is 4.65. The van der Waals surface area contributed by atoms with Crippen molar-refractivity contribution in [3.8, 4) is 0 Å². The number of rotatable bonds is 1. The van der Waals surface area contributed by atoms with Crippen LogP contribution in [0.25, 0.3) is 0 Å². The molecule has 2 aliphatic rings. The lowest BCUT2D eigenvalue weighted by Crippen LogP contribution is -2.44. The predicted molar refractivity (Wildman–Crippen MR) is 60.0 cm³/mol. The molecular weight excluding hydrogens is 202 g/mol. The van der Waals surface area contributed by atoms with Crippen LogP contribution in [0.5, 0.6) is 0 Å². The van der Waals surface area contributed by atoms with Crippen LogP contribution in [-0.2, 0) is 0 Å². The number of carbonyl (C=O) groups is 1. The maximum Gasteiger partial charge on any atom is 0.254 e. The number of likely N-dealkylation sites (tertiary alicyclic amines) is 1. The normalized spacial score (nSPS) is 28.1. The van der Waals surface area contributed by atoms with Gasteiger partial charge in [-0.3, -0.25) is 9.78 Å². The van der Waals surface area contributed by atoms with Crippen LogP contribution in [0, 0.1) is 5.92 Å². The average Bonchev–Trinajstić information content (AvgIpc) is 2.68. The van der Waals surface area contributed by atoms with Crippen molar-refractivity contribution in [2.24, 2.45) is 5.92 Å². The largest absolute Gasteiger partial charge is 0.337 e. The minimum atomic E-state index is 0.140. The Kier molecular flexibility index (Phi) is 2.36. The second-order valence-electron chi connectivity index (χ2n) is 4.65. The maximum absolute atomic E-state index is 12.2. The van der Waals surface area contributed by atoms with Crippen LogP contribution >= 0.6 is 0 Å². The predicted octanol–water partition coefficient (Wildman–Crippen LogP) is 0.515. The third-order valence-corrected chi connectivity index (χ3v) is 3.45. The Labute approximate surface area is 94.7 Å². The molecule has 0 aromatic carbocycles. The van der Waals surface area contributed by atoms with Crippen molar-refractivity contribution in [3.63, 3.8) is 0 Å². The molecule has 1 amide bonds. The molecule has 84 valence electrons. The third kappa shape index (κ3) is 1.69. The summed E-state index contributed by atoms with van der Waals surface area (Å²) in [7, 11) is 0. The van der Waals surface area contributed by atoms with Gasteiger partial charge in [0.2, 0.25) is 0 Å². The van der Waals surface area contributed by atoms with E-state index in [4.69, 9.17) is 0 Å². The molecular formula is C12H15N3O. The van der Waals surface area contributed by atoms with E-state index in [0.29, 0.717) is 12.0 Å². The van der Waals surface area contributed by atoms with Crippen LogP contribution in [0.4, 0.5) is 0 Å². The van der Waals surface area contributed by atoms with E-state index in [-0.39, 0.29) is 5.91 Å². The molecule has 4 heteroatoms. The van der Waals surface area contributed by atoms with Crippen molar-refractivity contribution >= 4 is 5.91 Å². The molecule has 2 atom stereocenters. The fourth-order valence-corrected chi connectivity index (χ4v) is 2.68. The highest BCUT2D eigenvalue weighted by molar-refractivity contribution is 5.94. The summed E-state index contributed by atoms with van der Waals surface area (Å²) in [6.45, 7) is 2.80. The summed E-state index contributed by atoms with van der Waals surface area (Å²) in [4.78, 5) is 18.1. The van der Waals surface area contributed by atoms with E-state index >= 15 is 0 Å². The first-order chi connectivity index (χ1) is 7.83. The topological polar surface area (TPSA) is 45.2 Å². The smallest absolute Gasteiger partial charge is 0.254 e. The van der Waals surface area contributed by atoms with Gasteiger partial charge in [0.25, 0.3) is 5.91 Å². The molecule has 0 spiro atoms. The fraction of sp³-hybridized carbons (Fsp3) is 0.500. The molecule has 3 rings (SSSR count). The standard InChI is InChI=1S/C12H15N3O/c16-12(10-1-3-13-4-2-10)15-7-9-5-11(8-15)14-6-9/h1-4,9,11,14H,5-8H2/t9-,11-/m1/s1. The summed E-state index contributed by atoms with van der Waals surface area (Å²) in [5, 5.41) is 3.45. The summed E-state index contributed by atoms with van der Waals surface area (Å²) in [6, 6.07) is 4.07. The van der Waals surface area contributed by atoms with Gasteiger partial charge >= 0.3 is 0 Å². The minimum absolute atomic E-state index is 0.140. The zero-order valence-electron chi connectivity index (χ0n) is 9.10. The van der Waals surface area contributed by atoms with E-state index in [1.807, 2.05) is 4.90 Å². The molecule has 0 saturated carbocycles. The molecule has 1 N–H and O–H groups in total. The zero-order valence-corrected chi connectivity index (χ0v) is 9.10. The molecule has 0 radical (unpaired) electrons. The quantitative estimate of drug-likeness (QED) is 0.745. The summed E-state index contributed by atoms with van der Waals surface area (Å²) in [5.74, 6) is 0.783. The monoisotopic (exact) mass is 217 g/mol. The Bertz CT molecular complexity index is 381. The Morgan fingerprint density at radius 1 is 1.38 bits per heavy atom. The van der Waals surface area contributed by atoms with Crippen molar-refractivity contribution in [2.45, 2.75) is 12.5 Å². The van der Waals surface area contributed by atoms with Crippen LogP contribution in [0.1, 0.15) is 16.8 Å². The average molecular weight is 217 g/mol. The van der Waals surface area contributed by atoms with Crippen LogP contribution in [-0.4, -0.2) is 41.5 Å². The van der Waals surface area contributed by atoms with Gasteiger partial charge in [0.1, 0.15) is 0 Å². The van der Waals surface area contributed by atoms with Crippen molar-refractivity contribution < 1.29 is 4.79 Å². The van der Waals surface area contributed by atoms with E-state index < -0.39 is 0 Å². The van der Waals surface area contributed by atoms with Crippen LogP contribution in [0.3, 0.4) is 0 Å². The number of pyridine rings is 1. The van der Waals surface area contributed by atoms with Gasteiger partial charge in [0, 0.05) is 43.6 Å². The molecule has 2 bridgehead atoms.